The second-order valence-electron chi connectivity index (χ2n) is 8.07. The number of nitrogens with zero attached hydrogens (tertiary/aromatic N) is 5. The van der Waals surface area contributed by atoms with E-state index in [0.29, 0.717) is 39.3 Å². The summed E-state index contributed by atoms with van der Waals surface area (Å²) in [5.74, 6) is 0.191. The van der Waals surface area contributed by atoms with Gasteiger partial charge in [-0.1, -0.05) is 11.6 Å². The lowest BCUT2D eigenvalue weighted by Crippen LogP contribution is -2.41. The molecule has 2 aromatic heterocycles. The van der Waals surface area contributed by atoms with Crippen LogP contribution in [0.25, 0.3) is 11.3 Å². The number of carbonyl (C=O) groups is 1. The van der Waals surface area contributed by atoms with Crippen LogP contribution < -0.4 is 16.0 Å². The highest BCUT2D eigenvalue weighted by molar-refractivity contribution is 6.33. The predicted octanol–water partition coefficient (Wildman–Crippen LogP) is 3.82. The highest BCUT2D eigenvalue weighted by atomic mass is 35.5. The minimum Gasteiger partial charge on any atom is -0.375 e. The molecule has 1 aliphatic heterocycles. The third kappa shape index (κ3) is 6.43. The first kappa shape index (κ1) is 24.4. The molecular formula is C24H26ClFN8O. The number of piperazine rings is 1. The molecule has 0 atom stereocenters. The summed E-state index contributed by atoms with van der Waals surface area (Å²) in [5, 5.41) is 17.7. The van der Waals surface area contributed by atoms with Gasteiger partial charge in [-0.15, -0.1) is 10.2 Å². The number of halogens is 2. The summed E-state index contributed by atoms with van der Waals surface area (Å²) in [5.41, 5.74) is 2.10. The fraction of sp³-hybridized carbons (Fsp3) is 0.250. The molecule has 0 aliphatic carbocycles. The third-order valence-electron chi connectivity index (χ3n) is 5.50. The quantitative estimate of drug-likeness (QED) is 0.425. The standard InChI is InChI=1S/C24H26ClFN8O/c1-27-24-21(15-20(31-32-24)18-13-16(26)3-4-19(18)25)29-17-5-7-28-22(14-17)30-23(35)6-8-34-11-9-33(2)10-12-34/h3-8,13-15H,9-12H2,1-2H3,(H,27,32)(H2,28,29,30,31,35). The molecule has 0 unspecified atom stereocenters. The molecule has 0 saturated carbocycles. The molecule has 35 heavy (non-hydrogen) atoms. The molecule has 3 aromatic rings. The molecule has 1 fully saturated rings. The summed E-state index contributed by atoms with van der Waals surface area (Å²) >= 11 is 6.24. The summed E-state index contributed by atoms with van der Waals surface area (Å²) < 4.78 is 13.8. The number of hydrogen-bond donors (Lipinski definition) is 3. The van der Waals surface area contributed by atoms with Crippen LogP contribution in [0.15, 0.2) is 54.9 Å². The number of anilines is 4. The molecule has 0 spiro atoms. The molecule has 1 amide bonds. The van der Waals surface area contributed by atoms with Crippen LogP contribution >= 0.6 is 11.6 Å². The lowest BCUT2D eigenvalue weighted by Gasteiger charge is -2.31. The Bertz CT molecular complexity index is 1230. The van der Waals surface area contributed by atoms with Gasteiger partial charge in [0.2, 0.25) is 0 Å². The Morgan fingerprint density at radius 1 is 1.11 bits per heavy atom. The topological polar surface area (TPSA) is 98.3 Å². The van der Waals surface area contributed by atoms with Gasteiger partial charge >= 0.3 is 0 Å². The Labute approximate surface area is 208 Å². The average molecular weight is 497 g/mol. The maximum atomic E-state index is 13.8. The Balaban J connectivity index is 1.48. The number of hydrogen-bond acceptors (Lipinski definition) is 8. The van der Waals surface area contributed by atoms with Gasteiger partial charge in [-0.3, -0.25) is 4.79 Å². The van der Waals surface area contributed by atoms with Gasteiger partial charge in [0.05, 0.1) is 16.4 Å². The van der Waals surface area contributed by atoms with Gasteiger partial charge in [-0.25, -0.2) is 9.37 Å². The number of pyridine rings is 1. The number of rotatable bonds is 7. The van der Waals surface area contributed by atoms with Gasteiger partial charge in [0.15, 0.2) is 5.82 Å². The minimum absolute atomic E-state index is 0.266. The summed E-state index contributed by atoms with van der Waals surface area (Å²) in [4.78, 5) is 21.0. The van der Waals surface area contributed by atoms with Crippen molar-refractivity contribution < 1.29 is 9.18 Å². The zero-order chi connectivity index (χ0) is 24.8. The van der Waals surface area contributed by atoms with Crippen LogP contribution in [-0.2, 0) is 4.79 Å². The highest BCUT2D eigenvalue weighted by Crippen LogP contribution is 2.32. The maximum Gasteiger partial charge on any atom is 0.250 e. The van der Waals surface area contributed by atoms with E-state index in [1.54, 1.807) is 31.4 Å². The molecule has 182 valence electrons. The normalized spacial score (nSPS) is 14.2. The minimum atomic E-state index is -0.422. The SMILES string of the molecule is CNc1nnc(-c2cc(F)ccc2Cl)cc1Nc1ccnc(NC(=O)C=CN2CCN(C)CC2)c1. The Morgan fingerprint density at radius 3 is 2.69 bits per heavy atom. The van der Waals surface area contributed by atoms with Crippen molar-refractivity contribution >= 4 is 40.5 Å². The molecule has 0 bridgehead atoms. The van der Waals surface area contributed by atoms with Crippen molar-refractivity contribution in [3.8, 4) is 11.3 Å². The van der Waals surface area contributed by atoms with E-state index < -0.39 is 5.82 Å². The molecule has 1 saturated heterocycles. The van der Waals surface area contributed by atoms with Gasteiger partial charge in [0, 0.05) is 69.0 Å². The van der Waals surface area contributed by atoms with E-state index in [9.17, 15) is 9.18 Å². The van der Waals surface area contributed by atoms with Crippen LogP contribution in [0, 0.1) is 5.82 Å². The second-order valence-corrected chi connectivity index (χ2v) is 8.47. The number of nitrogens with one attached hydrogen (secondary N) is 3. The molecule has 0 radical (unpaired) electrons. The van der Waals surface area contributed by atoms with Crippen molar-refractivity contribution in [1.29, 1.82) is 0 Å². The molecule has 9 nitrogen and oxygen atoms in total. The maximum absolute atomic E-state index is 13.8. The largest absolute Gasteiger partial charge is 0.375 e. The van der Waals surface area contributed by atoms with Crippen molar-refractivity contribution in [3.63, 3.8) is 0 Å². The second kappa shape index (κ2) is 11.1. The molecule has 4 rings (SSSR count). The van der Waals surface area contributed by atoms with E-state index in [1.165, 1.54) is 24.3 Å². The number of benzene rings is 1. The van der Waals surface area contributed by atoms with Crippen molar-refractivity contribution in [2.24, 2.45) is 0 Å². The van der Waals surface area contributed by atoms with E-state index in [4.69, 9.17) is 11.6 Å². The highest BCUT2D eigenvalue weighted by Gasteiger charge is 2.13. The summed E-state index contributed by atoms with van der Waals surface area (Å²) in [6.07, 6.45) is 4.90. The van der Waals surface area contributed by atoms with Crippen LogP contribution in [0.5, 0.6) is 0 Å². The van der Waals surface area contributed by atoms with E-state index in [0.717, 1.165) is 26.2 Å². The van der Waals surface area contributed by atoms with E-state index in [2.05, 4.69) is 48.0 Å². The summed E-state index contributed by atoms with van der Waals surface area (Å²) in [6, 6.07) is 9.25. The molecule has 1 aromatic carbocycles. The number of carbonyl (C=O) groups excluding carboxylic acids is 1. The molecule has 1 aliphatic rings. The van der Waals surface area contributed by atoms with Crippen molar-refractivity contribution in [3.05, 3.63) is 65.7 Å². The van der Waals surface area contributed by atoms with Gasteiger partial charge in [0.1, 0.15) is 11.6 Å². The van der Waals surface area contributed by atoms with Crippen molar-refractivity contribution in [1.82, 2.24) is 25.0 Å². The zero-order valence-electron chi connectivity index (χ0n) is 19.4. The van der Waals surface area contributed by atoms with Crippen LogP contribution in [-0.4, -0.2) is 71.2 Å². The number of aromatic nitrogens is 3. The van der Waals surface area contributed by atoms with Crippen LogP contribution in [0.3, 0.4) is 0 Å². The monoisotopic (exact) mass is 496 g/mol. The first-order chi connectivity index (χ1) is 16.9. The van der Waals surface area contributed by atoms with E-state index in [-0.39, 0.29) is 5.91 Å². The number of amides is 1. The van der Waals surface area contributed by atoms with E-state index in [1.807, 2.05) is 6.20 Å². The van der Waals surface area contributed by atoms with Gasteiger partial charge < -0.3 is 25.8 Å². The van der Waals surface area contributed by atoms with Gasteiger partial charge in [-0.05, 0) is 37.4 Å². The fourth-order valence-corrected chi connectivity index (χ4v) is 3.76. The molecular weight excluding hydrogens is 471 g/mol. The van der Waals surface area contributed by atoms with Crippen LogP contribution in [0.2, 0.25) is 5.02 Å². The van der Waals surface area contributed by atoms with E-state index >= 15 is 0 Å². The summed E-state index contributed by atoms with van der Waals surface area (Å²) in [7, 11) is 3.80. The zero-order valence-corrected chi connectivity index (χ0v) is 20.2. The van der Waals surface area contributed by atoms with Crippen LogP contribution in [0.1, 0.15) is 0 Å². The lowest BCUT2D eigenvalue weighted by atomic mass is 10.1. The Kier molecular flexibility index (Phi) is 7.74. The Hall–Kier alpha value is -3.76. The molecule has 3 N–H and O–H groups in total. The smallest absolute Gasteiger partial charge is 0.250 e. The molecule has 11 heteroatoms. The fourth-order valence-electron chi connectivity index (χ4n) is 3.54. The summed E-state index contributed by atoms with van der Waals surface area (Å²) in [6.45, 7) is 3.70. The predicted molar refractivity (Wildman–Crippen MR) is 136 cm³/mol. The number of likely N-dealkylation sites (N-methyl/N-ethyl adjacent to an activating group) is 1. The van der Waals surface area contributed by atoms with Gasteiger partial charge in [0.25, 0.3) is 5.91 Å². The van der Waals surface area contributed by atoms with Crippen molar-refractivity contribution in [2.75, 3.05) is 56.2 Å². The van der Waals surface area contributed by atoms with Crippen LogP contribution in [0.4, 0.5) is 27.4 Å². The first-order valence-corrected chi connectivity index (χ1v) is 11.4. The lowest BCUT2D eigenvalue weighted by molar-refractivity contribution is -0.112. The third-order valence-corrected chi connectivity index (χ3v) is 5.83. The van der Waals surface area contributed by atoms with Gasteiger partial charge in [-0.2, -0.15) is 0 Å². The average Bonchev–Trinajstić information content (AvgIpc) is 2.85. The van der Waals surface area contributed by atoms with Crippen molar-refractivity contribution in [2.45, 2.75) is 0 Å². The molecule has 3 heterocycles. The first-order valence-electron chi connectivity index (χ1n) is 11.1. The Morgan fingerprint density at radius 2 is 1.91 bits per heavy atom.